The Labute approximate surface area is 132 Å². The first kappa shape index (κ1) is 17.5. The van der Waals surface area contributed by atoms with Crippen LogP contribution in [-0.4, -0.2) is 19.1 Å². The summed E-state index contributed by atoms with van der Waals surface area (Å²) in [7, 11) is 0. The van der Waals surface area contributed by atoms with Crippen LogP contribution in [0.1, 0.15) is 0 Å². The summed E-state index contributed by atoms with van der Waals surface area (Å²) in [5, 5.41) is 2.22. The van der Waals surface area contributed by atoms with Gasteiger partial charge in [-0.2, -0.15) is 8.78 Å². The number of benzene rings is 2. The van der Waals surface area contributed by atoms with Crippen LogP contribution in [0, 0.1) is 17.5 Å². The van der Waals surface area contributed by atoms with E-state index in [1.807, 2.05) is 0 Å². The molecule has 0 aliphatic carbocycles. The second kappa shape index (κ2) is 7.62. The first-order valence-electron chi connectivity index (χ1n) is 6.48. The number of anilines is 1. The Balaban J connectivity index is 2.01. The molecule has 0 aliphatic heterocycles. The van der Waals surface area contributed by atoms with Crippen molar-refractivity contribution in [3.63, 3.8) is 0 Å². The third kappa shape index (κ3) is 4.58. The molecule has 128 valence electrons. The molecule has 0 aromatic heterocycles. The number of hydrogen-bond acceptors (Lipinski definition) is 3. The molecule has 0 radical (unpaired) electrons. The summed E-state index contributed by atoms with van der Waals surface area (Å²) in [5.74, 6) is -5.72. The standard InChI is InChI=1S/C15H10F5NO3/c16-8-5-10(18)13(6-9(8)17)23-7-14(22)21-11-3-1-2-4-12(11)24-15(19)20/h1-6,15H,7H2,(H,21,22). The number of halogens is 5. The van der Waals surface area contributed by atoms with Gasteiger partial charge in [-0.05, 0) is 12.1 Å². The lowest BCUT2D eigenvalue weighted by atomic mass is 10.3. The van der Waals surface area contributed by atoms with E-state index in [9.17, 15) is 26.7 Å². The Morgan fingerprint density at radius 3 is 2.38 bits per heavy atom. The molecule has 0 fully saturated rings. The van der Waals surface area contributed by atoms with Gasteiger partial charge >= 0.3 is 6.61 Å². The molecule has 0 saturated heterocycles. The topological polar surface area (TPSA) is 47.6 Å². The van der Waals surface area contributed by atoms with Crippen LogP contribution in [0.15, 0.2) is 36.4 Å². The number of ether oxygens (including phenoxy) is 2. The zero-order chi connectivity index (χ0) is 17.7. The van der Waals surface area contributed by atoms with E-state index in [0.29, 0.717) is 6.07 Å². The van der Waals surface area contributed by atoms with Crippen LogP contribution < -0.4 is 14.8 Å². The van der Waals surface area contributed by atoms with Crippen molar-refractivity contribution in [1.82, 2.24) is 0 Å². The van der Waals surface area contributed by atoms with Crippen molar-refractivity contribution in [1.29, 1.82) is 0 Å². The van der Waals surface area contributed by atoms with Crippen molar-refractivity contribution in [2.75, 3.05) is 11.9 Å². The molecule has 0 aliphatic rings. The number of hydrogen-bond donors (Lipinski definition) is 1. The van der Waals surface area contributed by atoms with E-state index in [-0.39, 0.29) is 17.5 Å². The Morgan fingerprint density at radius 2 is 1.67 bits per heavy atom. The Bertz CT molecular complexity index is 739. The lowest BCUT2D eigenvalue weighted by Crippen LogP contribution is -2.21. The number of para-hydroxylation sites is 2. The Morgan fingerprint density at radius 1 is 1.00 bits per heavy atom. The summed E-state index contributed by atoms with van der Waals surface area (Å²) >= 11 is 0. The van der Waals surface area contributed by atoms with Gasteiger partial charge in [0, 0.05) is 12.1 Å². The lowest BCUT2D eigenvalue weighted by molar-refractivity contribution is -0.118. The maximum absolute atomic E-state index is 13.3. The average Bonchev–Trinajstić information content (AvgIpc) is 2.51. The third-order valence-corrected chi connectivity index (χ3v) is 2.71. The summed E-state index contributed by atoms with van der Waals surface area (Å²) < 4.78 is 72.6. The average molecular weight is 347 g/mol. The van der Waals surface area contributed by atoms with Crippen molar-refractivity contribution in [2.24, 2.45) is 0 Å². The summed E-state index contributed by atoms with van der Waals surface area (Å²) in [6.45, 7) is -3.85. The van der Waals surface area contributed by atoms with Gasteiger partial charge < -0.3 is 14.8 Å². The summed E-state index contributed by atoms with van der Waals surface area (Å²) in [6, 6.07) is 6.11. The number of alkyl halides is 2. The quantitative estimate of drug-likeness (QED) is 0.640. The summed E-state index contributed by atoms with van der Waals surface area (Å²) in [6.07, 6.45) is 0. The van der Waals surface area contributed by atoms with Gasteiger partial charge in [-0.15, -0.1) is 0 Å². The van der Waals surface area contributed by atoms with Crippen LogP contribution in [0.2, 0.25) is 0 Å². The molecular formula is C15H10F5NO3. The van der Waals surface area contributed by atoms with E-state index in [1.54, 1.807) is 0 Å². The van der Waals surface area contributed by atoms with Gasteiger partial charge in [-0.1, -0.05) is 12.1 Å². The fourth-order valence-corrected chi connectivity index (χ4v) is 1.71. The molecule has 2 aromatic rings. The monoisotopic (exact) mass is 347 g/mol. The SMILES string of the molecule is O=C(COc1cc(F)c(F)cc1F)Nc1ccccc1OC(F)F. The van der Waals surface area contributed by atoms with Crippen molar-refractivity contribution in [3.8, 4) is 11.5 Å². The summed E-state index contributed by atoms with van der Waals surface area (Å²) in [4.78, 5) is 11.7. The smallest absolute Gasteiger partial charge is 0.387 e. The zero-order valence-corrected chi connectivity index (χ0v) is 11.9. The van der Waals surface area contributed by atoms with Crippen LogP contribution >= 0.6 is 0 Å². The third-order valence-electron chi connectivity index (χ3n) is 2.71. The predicted molar refractivity (Wildman–Crippen MR) is 73.5 cm³/mol. The van der Waals surface area contributed by atoms with E-state index in [1.165, 1.54) is 24.3 Å². The highest BCUT2D eigenvalue weighted by atomic mass is 19.3. The molecule has 1 amide bonds. The Kier molecular flexibility index (Phi) is 5.56. The highest BCUT2D eigenvalue weighted by Gasteiger charge is 2.14. The van der Waals surface area contributed by atoms with Gasteiger partial charge in [0.2, 0.25) is 0 Å². The lowest BCUT2D eigenvalue weighted by Gasteiger charge is -2.12. The van der Waals surface area contributed by atoms with Gasteiger partial charge in [0.15, 0.2) is 29.8 Å². The molecule has 1 N–H and O–H groups in total. The maximum Gasteiger partial charge on any atom is 0.387 e. The van der Waals surface area contributed by atoms with Crippen molar-refractivity contribution >= 4 is 11.6 Å². The van der Waals surface area contributed by atoms with Crippen molar-refractivity contribution in [3.05, 3.63) is 53.8 Å². The predicted octanol–water partition coefficient (Wildman–Crippen LogP) is 3.72. The van der Waals surface area contributed by atoms with Gasteiger partial charge in [0.25, 0.3) is 5.91 Å². The molecule has 4 nitrogen and oxygen atoms in total. The van der Waals surface area contributed by atoms with Crippen molar-refractivity contribution in [2.45, 2.75) is 6.61 Å². The van der Waals surface area contributed by atoms with E-state index < -0.39 is 42.3 Å². The van der Waals surface area contributed by atoms with Crippen LogP contribution in [-0.2, 0) is 4.79 Å². The minimum atomic E-state index is -3.09. The van der Waals surface area contributed by atoms with E-state index >= 15 is 0 Å². The number of carbonyl (C=O) groups is 1. The second-order valence-electron chi connectivity index (χ2n) is 4.41. The first-order valence-corrected chi connectivity index (χ1v) is 6.48. The molecule has 0 spiro atoms. The molecule has 2 aromatic carbocycles. The molecule has 0 heterocycles. The van der Waals surface area contributed by atoms with E-state index in [2.05, 4.69) is 10.1 Å². The number of nitrogens with one attached hydrogen (secondary N) is 1. The second-order valence-corrected chi connectivity index (χ2v) is 4.41. The van der Waals surface area contributed by atoms with Crippen LogP contribution in [0.25, 0.3) is 0 Å². The fourth-order valence-electron chi connectivity index (χ4n) is 1.71. The molecule has 24 heavy (non-hydrogen) atoms. The normalized spacial score (nSPS) is 10.6. The van der Waals surface area contributed by atoms with E-state index in [0.717, 1.165) is 0 Å². The molecule has 0 atom stereocenters. The highest BCUT2D eigenvalue weighted by Crippen LogP contribution is 2.25. The van der Waals surface area contributed by atoms with E-state index in [4.69, 9.17) is 4.74 Å². The largest absolute Gasteiger partial charge is 0.481 e. The molecule has 0 saturated carbocycles. The minimum Gasteiger partial charge on any atom is -0.481 e. The molecule has 2 rings (SSSR count). The van der Waals surface area contributed by atoms with Crippen LogP contribution in [0.4, 0.5) is 27.6 Å². The van der Waals surface area contributed by atoms with Crippen LogP contribution in [0.5, 0.6) is 11.5 Å². The number of amides is 1. The molecule has 0 bridgehead atoms. The van der Waals surface area contributed by atoms with Crippen molar-refractivity contribution < 1.29 is 36.2 Å². The first-order chi connectivity index (χ1) is 11.4. The maximum atomic E-state index is 13.3. The minimum absolute atomic E-state index is 0.0582. The zero-order valence-electron chi connectivity index (χ0n) is 11.9. The Hall–Kier alpha value is -2.84. The number of rotatable bonds is 6. The number of carbonyl (C=O) groups excluding carboxylic acids is 1. The van der Waals surface area contributed by atoms with Gasteiger partial charge in [-0.3, -0.25) is 4.79 Å². The molecular weight excluding hydrogens is 337 g/mol. The van der Waals surface area contributed by atoms with Gasteiger partial charge in [0.1, 0.15) is 5.75 Å². The highest BCUT2D eigenvalue weighted by molar-refractivity contribution is 5.93. The van der Waals surface area contributed by atoms with Gasteiger partial charge in [-0.25, -0.2) is 13.2 Å². The fraction of sp³-hybridized carbons (Fsp3) is 0.133. The molecule has 0 unspecified atom stereocenters. The molecule has 9 heteroatoms. The summed E-state index contributed by atoms with van der Waals surface area (Å²) in [5.41, 5.74) is -0.0582. The van der Waals surface area contributed by atoms with Gasteiger partial charge in [0.05, 0.1) is 5.69 Å². The van der Waals surface area contributed by atoms with Crippen LogP contribution in [0.3, 0.4) is 0 Å².